The number of carbonyl (C=O) groups excluding carboxylic acids is 1. The van der Waals surface area contributed by atoms with Crippen molar-refractivity contribution >= 4 is 5.91 Å². The molecule has 2 heterocycles. The summed E-state index contributed by atoms with van der Waals surface area (Å²) in [6, 6.07) is 19.2. The molecule has 6 nitrogen and oxygen atoms in total. The average Bonchev–Trinajstić information content (AvgIpc) is 2.86. The van der Waals surface area contributed by atoms with E-state index in [-0.39, 0.29) is 5.91 Å². The van der Waals surface area contributed by atoms with Crippen LogP contribution in [0.1, 0.15) is 16.7 Å². The van der Waals surface area contributed by atoms with Gasteiger partial charge in [-0.3, -0.25) is 14.6 Å². The summed E-state index contributed by atoms with van der Waals surface area (Å²) in [4.78, 5) is 22.3. The van der Waals surface area contributed by atoms with Crippen LogP contribution < -0.4 is 0 Å². The van der Waals surface area contributed by atoms with Crippen molar-refractivity contribution in [3.05, 3.63) is 71.3 Å². The molecule has 2 fully saturated rings. The van der Waals surface area contributed by atoms with Gasteiger partial charge in [0.1, 0.15) is 0 Å². The molecule has 0 bridgehead atoms. The average molecular weight is 451 g/mol. The Balaban J connectivity index is 1.15. The van der Waals surface area contributed by atoms with Gasteiger partial charge in [-0.1, -0.05) is 54.6 Å². The molecule has 2 aliphatic rings. The normalized spacial score (nSPS) is 18.5. The number of hydrogen-bond acceptors (Lipinski definition) is 5. The number of methoxy groups -OCH3 is 1. The summed E-state index contributed by atoms with van der Waals surface area (Å²) in [5.74, 6) is 0.284. The molecule has 33 heavy (non-hydrogen) atoms. The molecule has 2 saturated heterocycles. The van der Waals surface area contributed by atoms with E-state index < -0.39 is 0 Å². The molecule has 6 heteroatoms. The Hall–Kier alpha value is -2.25. The van der Waals surface area contributed by atoms with E-state index in [0.717, 1.165) is 71.9 Å². The van der Waals surface area contributed by atoms with Crippen LogP contribution in [-0.2, 0) is 29.1 Å². The highest BCUT2D eigenvalue weighted by Gasteiger charge is 2.25. The minimum Gasteiger partial charge on any atom is -0.380 e. The fourth-order valence-electron chi connectivity index (χ4n) is 4.80. The first kappa shape index (κ1) is 23.9. The molecule has 2 aromatic rings. The van der Waals surface area contributed by atoms with E-state index in [1.54, 1.807) is 7.11 Å². The zero-order chi connectivity index (χ0) is 22.9. The fourth-order valence-corrected chi connectivity index (χ4v) is 4.80. The van der Waals surface area contributed by atoms with Crippen LogP contribution in [-0.4, -0.2) is 98.1 Å². The topological polar surface area (TPSA) is 39.3 Å². The summed E-state index contributed by atoms with van der Waals surface area (Å²) in [7, 11) is 1.74. The van der Waals surface area contributed by atoms with Crippen LogP contribution in [0.3, 0.4) is 0 Å². The molecule has 2 aliphatic heterocycles. The lowest BCUT2D eigenvalue weighted by atomic mass is 10.1. The first-order valence-electron chi connectivity index (χ1n) is 12.3. The zero-order valence-electron chi connectivity index (χ0n) is 20.0. The Bertz CT molecular complexity index is 859. The first-order valence-corrected chi connectivity index (χ1v) is 12.3. The maximum absolute atomic E-state index is 12.9. The van der Waals surface area contributed by atoms with Crippen molar-refractivity contribution in [2.75, 3.05) is 72.6 Å². The highest BCUT2D eigenvalue weighted by molar-refractivity contribution is 5.78. The SMILES string of the molecule is COCc1ccccc1CN1CCN(C(=O)CN2CCN(CCc3ccccc3)CC2)CC1. The lowest BCUT2D eigenvalue weighted by molar-refractivity contribution is -0.134. The standard InChI is InChI=1S/C27H38N4O2/c1-33-23-26-10-6-5-9-25(26)21-29-17-19-31(20-18-29)27(32)22-30-15-13-28(14-16-30)12-11-24-7-3-2-4-8-24/h2-10H,11-23H2,1H3. The molecule has 4 rings (SSSR count). The second-order valence-electron chi connectivity index (χ2n) is 9.21. The maximum Gasteiger partial charge on any atom is 0.236 e. The molecule has 0 saturated carbocycles. The molecule has 178 valence electrons. The van der Waals surface area contributed by atoms with Gasteiger partial charge in [-0.15, -0.1) is 0 Å². The third-order valence-electron chi connectivity index (χ3n) is 6.92. The van der Waals surface area contributed by atoms with Crippen LogP contribution in [0.5, 0.6) is 0 Å². The van der Waals surface area contributed by atoms with E-state index >= 15 is 0 Å². The lowest BCUT2D eigenvalue weighted by Gasteiger charge is -2.38. The van der Waals surface area contributed by atoms with Crippen molar-refractivity contribution in [3.63, 3.8) is 0 Å². The van der Waals surface area contributed by atoms with E-state index in [1.165, 1.54) is 16.7 Å². The van der Waals surface area contributed by atoms with E-state index in [4.69, 9.17) is 4.74 Å². The van der Waals surface area contributed by atoms with Crippen molar-refractivity contribution in [3.8, 4) is 0 Å². The summed E-state index contributed by atoms with van der Waals surface area (Å²) < 4.78 is 5.34. The largest absolute Gasteiger partial charge is 0.380 e. The second kappa shape index (κ2) is 12.3. The molecule has 0 aromatic heterocycles. The first-order chi connectivity index (χ1) is 16.2. The molecular weight excluding hydrogens is 412 g/mol. The predicted octanol–water partition coefficient (Wildman–Crippen LogP) is 2.34. The molecule has 0 aliphatic carbocycles. The lowest BCUT2D eigenvalue weighted by Crippen LogP contribution is -2.53. The molecule has 0 unspecified atom stereocenters. The van der Waals surface area contributed by atoms with Gasteiger partial charge in [-0.25, -0.2) is 0 Å². The third kappa shape index (κ3) is 7.11. The van der Waals surface area contributed by atoms with Crippen LogP contribution in [0.2, 0.25) is 0 Å². The zero-order valence-corrected chi connectivity index (χ0v) is 20.0. The molecule has 1 amide bonds. The number of ether oxygens (including phenoxy) is 1. The molecular formula is C27H38N4O2. The van der Waals surface area contributed by atoms with Crippen molar-refractivity contribution in [2.24, 2.45) is 0 Å². The van der Waals surface area contributed by atoms with Crippen LogP contribution in [0.15, 0.2) is 54.6 Å². The molecule has 0 spiro atoms. The number of rotatable bonds is 9. The molecule has 0 radical (unpaired) electrons. The Kier molecular flexibility index (Phi) is 8.89. The Labute approximate surface area is 198 Å². The van der Waals surface area contributed by atoms with Gasteiger partial charge in [0.25, 0.3) is 0 Å². The number of amides is 1. The minimum atomic E-state index is 0.284. The summed E-state index contributed by atoms with van der Waals surface area (Å²) in [6.07, 6.45) is 1.10. The maximum atomic E-state index is 12.9. The van der Waals surface area contributed by atoms with Gasteiger partial charge >= 0.3 is 0 Å². The van der Waals surface area contributed by atoms with Crippen LogP contribution in [0.25, 0.3) is 0 Å². The Morgan fingerprint density at radius 1 is 0.758 bits per heavy atom. The van der Waals surface area contributed by atoms with E-state index in [1.807, 2.05) is 0 Å². The van der Waals surface area contributed by atoms with Crippen LogP contribution in [0, 0.1) is 0 Å². The van der Waals surface area contributed by atoms with E-state index in [2.05, 4.69) is 74.2 Å². The smallest absolute Gasteiger partial charge is 0.236 e. The molecule has 0 N–H and O–H groups in total. The number of hydrogen-bond donors (Lipinski definition) is 0. The monoisotopic (exact) mass is 450 g/mol. The molecule has 2 aromatic carbocycles. The van der Waals surface area contributed by atoms with Crippen molar-refractivity contribution in [2.45, 2.75) is 19.6 Å². The summed E-state index contributed by atoms with van der Waals surface area (Å²) >= 11 is 0. The van der Waals surface area contributed by atoms with Gasteiger partial charge in [0.15, 0.2) is 0 Å². The Morgan fingerprint density at radius 3 is 2.06 bits per heavy atom. The van der Waals surface area contributed by atoms with Gasteiger partial charge < -0.3 is 14.5 Å². The minimum absolute atomic E-state index is 0.284. The summed E-state index contributed by atoms with van der Waals surface area (Å²) in [6.45, 7) is 10.8. The number of benzene rings is 2. The van der Waals surface area contributed by atoms with E-state index in [0.29, 0.717) is 13.2 Å². The molecule has 0 atom stereocenters. The van der Waals surface area contributed by atoms with Gasteiger partial charge in [0, 0.05) is 72.6 Å². The number of nitrogens with zero attached hydrogens (tertiary/aromatic N) is 4. The second-order valence-corrected chi connectivity index (χ2v) is 9.21. The number of piperazine rings is 2. The van der Waals surface area contributed by atoms with Crippen LogP contribution >= 0.6 is 0 Å². The van der Waals surface area contributed by atoms with Crippen molar-refractivity contribution in [1.82, 2.24) is 19.6 Å². The predicted molar refractivity (Wildman–Crippen MR) is 132 cm³/mol. The van der Waals surface area contributed by atoms with Gasteiger partial charge in [0.05, 0.1) is 13.2 Å². The van der Waals surface area contributed by atoms with Crippen molar-refractivity contribution in [1.29, 1.82) is 0 Å². The highest BCUT2D eigenvalue weighted by Crippen LogP contribution is 2.15. The third-order valence-corrected chi connectivity index (χ3v) is 6.92. The number of carbonyl (C=O) groups is 1. The van der Waals surface area contributed by atoms with E-state index in [9.17, 15) is 4.79 Å². The van der Waals surface area contributed by atoms with Gasteiger partial charge in [0.2, 0.25) is 5.91 Å². The van der Waals surface area contributed by atoms with Gasteiger partial charge in [-0.05, 0) is 23.1 Å². The Morgan fingerprint density at radius 2 is 1.36 bits per heavy atom. The summed E-state index contributed by atoms with van der Waals surface area (Å²) in [5, 5.41) is 0. The van der Waals surface area contributed by atoms with Crippen molar-refractivity contribution < 1.29 is 9.53 Å². The summed E-state index contributed by atoms with van der Waals surface area (Å²) in [5.41, 5.74) is 3.97. The van der Waals surface area contributed by atoms with Crippen LogP contribution in [0.4, 0.5) is 0 Å². The fraction of sp³-hybridized carbons (Fsp3) is 0.519. The highest BCUT2D eigenvalue weighted by atomic mass is 16.5. The van der Waals surface area contributed by atoms with Gasteiger partial charge in [-0.2, -0.15) is 0 Å². The quantitative estimate of drug-likeness (QED) is 0.587.